The van der Waals surface area contributed by atoms with Crippen LogP contribution in [0, 0.1) is 0 Å². The molecule has 0 radical (unpaired) electrons. The van der Waals surface area contributed by atoms with Crippen molar-refractivity contribution in [2.45, 2.75) is 45.3 Å². The Kier molecular flexibility index (Phi) is 5.57. The van der Waals surface area contributed by atoms with Crippen molar-refractivity contribution in [2.24, 2.45) is 0 Å². The Hall–Kier alpha value is -3.15. The maximum absolute atomic E-state index is 12.1. The third-order valence-electron chi connectivity index (χ3n) is 5.23. The molecular weight excluding hydrogens is 376 g/mol. The summed E-state index contributed by atoms with van der Waals surface area (Å²) in [5.41, 5.74) is 1.48. The lowest BCUT2D eigenvalue weighted by Crippen LogP contribution is -2.46. The molecule has 0 saturated carbocycles. The van der Waals surface area contributed by atoms with Gasteiger partial charge in [0.1, 0.15) is 11.3 Å². The first-order valence-electron chi connectivity index (χ1n) is 10.5. The molecule has 6 nitrogen and oxygen atoms in total. The first kappa shape index (κ1) is 20.1. The van der Waals surface area contributed by atoms with Crippen LogP contribution in [0.5, 0.6) is 0 Å². The van der Waals surface area contributed by atoms with Gasteiger partial charge in [-0.15, -0.1) is 10.2 Å². The number of piperidine rings is 1. The van der Waals surface area contributed by atoms with Gasteiger partial charge in [0.2, 0.25) is 0 Å². The molecule has 0 atom stereocenters. The van der Waals surface area contributed by atoms with E-state index < -0.39 is 5.60 Å². The predicted molar refractivity (Wildman–Crippen MR) is 120 cm³/mol. The van der Waals surface area contributed by atoms with Crippen LogP contribution in [0.25, 0.3) is 22.0 Å². The van der Waals surface area contributed by atoms with Crippen molar-refractivity contribution in [1.29, 1.82) is 0 Å². The van der Waals surface area contributed by atoms with E-state index >= 15 is 0 Å². The summed E-state index contributed by atoms with van der Waals surface area (Å²) in [4.78, 5) is 14.3. The van der Waals surface area contributed by atoms with Crippen molar-refractivity contribution in [2.75, 3.05) is 18.0 Å². The number of hydrogen-bond donors (Lipinski definition) is 1. The minimum atomic E-state index is -0.486. The van der Waals surface area contributed by atoms with E-state index in [0.29, 0.717) is 0 Å². The highest BCUT2D eigenvalue weighted by atomic mass is 16.6. The molecule has 2 heterocycles. The Morgan fingerprint density at radius 3 is 2.27 bits per heavy atom. The summed E-state index contributed by atoms with van der Waals surface area (Å²) < 4.78 is 5.38. The quantitative estimate of drug-likeness (QED) is 0.680. The zero-order valence-electron chi connectivity index (χ0n) is 17.8. The van der Waals surface area contributed by atoms with E-state index in [1.54, 1.807) is 0 Å². The van der Waals surface area contributed by atoms with E-state index in [1.165, 1.54) is 0 Å². The zero-order valence-corrected chi connectivity index (χ0v) is 17.8. The minimum absolute atomic E-state index is 0.110. The lowest BCUT2D eigenvalue weighted by Gasteiger charge is -2.33. The number of aromatic nitrogens is 2. The largest absolute Gasteiger partial charge is 0.444 e. The fraction of sp³-hybridized carbons (Fsp3) is 0.375. The van der Waals surface area contributed by atoms with E-state index in [0.717, 1.165) is 53.8 Å². The van der Waals surface area contributed by atoms with E-state index in [4.69, 9.17) is 4.74 Å². The summed E-state index contributed by atoms with van der Waals surface area (Å²) in [6.45, 7) is 7.24. The summed E-state index contributed by atoms with van der Waals surface area (Å²) in [6, 6.07) is 18.6. The number of benzene rings is 2. The van der Waals surface area contributed by atoms with Crippen molar-refractivity contribution in [3.8, 4) is 11.3 Å². The third-order valence-corrected chi connectivity index (χ3v) is 5.23. The number of rotatable bonds is 3. The molecule has 0 aliphatic carbocycles. The van der Waals surface area contributed by atoms with E-state index in [1.807, 2.05) is 51.1 Å². The standard InChI is InChI=1S/C24H28N4O2/c1-24(2,3)30-23(29)25-18-13-15-28(16-14-18)22-20-12-8-7-11-19(20)21(26-27-22)17-9-5-4-6-10-17/h4-12,18H,13-16H2,1-3H3,(H,25,29). The number of nitrogens with one attached hydrogen (secondary N) is 1. The maximum Gasteiger partial charge on any atom is 0.407 e. The Morgan fingerprint density at radius 2 is 1.60 bits per heavy atom. The summed E-state index contributed by atoms with van der Waals surface area (Å²) in [7, 11) is 0. The monoisotopic (exact) mass is 404 g/mol. The van der Waals surface area contributed by atoms with Crippen LogP contribution in [0.4, 0.5) is 10.6 Å². The Labute approximate surface area is 177 Å². The molecule has 1 amide bonds. The highest BCUT2D eigenvalue weighted by Gasteiger charge is 2.25. The van der Waals surface area contributed by atoms with Gasteiger partial charge in [-0.3, -0.25) is 0 Å². The second-order valence-electron chi connectivity index (χ2n) is 8.69. The molecule has 4 rings (SSSR count). The maximum atomic E-state index is 12.1. The highest BCUT2D eigenvalue weighted by Crippen LogP contribution is 2.32. The van der Waals surface area contributed by atoms with Crippen LogP contribution in [0.3, 0.4) is 0 Å². The summed E-state index contributed by atoms with van der Waals surface area (Å²) in [5, 5.41) is 14.4. The van der Waals surface area contributed by atoms with Crippen molar-refractivity contribution in [1.82, 2.24) is 15.5 Å². The third kappa shape index (κ3) is 4.53. The minimum Gasteiger partial charge on any atom is -0.444 e. The molecule has 0 bridgehead atoms. The Balaban J connectivity index is 1.51. The second kappa shape index (κ2) is 8.30. The van der Waals surface area contributed by atoms with Gasteiger partial charge in [-0.2, -0.15) is 0 Å². The van der Waals surface area contributed by atoms with Crippen LogP contribution in [-0.4, -0.2) is 41.0 Å². The molecule has 2 aromatic carbocycles. The smallest absolute Gasteiger partial charge is 0.407 e. The fourth-order valence-electron chi connectivity index (χ4n) is 3.84. The van der Waals surface area contributed by atoms with Gasteiger partial charge in [0.15, 0.2) is 5.82 Å². The number of fused-ring (bicyclic) bond motifs is 1. The number of carbonyl (C=O) groups is 1. The molecule has 3 aromatic rings. The first-order valence-corrected chi connectivity index (χ1v) is 10.5. The average molecular weight is 405 g/mol. The Bertz CT molecular complexity index is 1020. The number of hydrogen-bond acceptors (Lipinski definition) is 5. The summed E-state index contributed by atoms with van der Waals surface area (Å²) in [5.74, 6) is 0.904. The van der Waals surface area contributed by atoms with E-state index in [9.17, 15) is 4.79 Å². The van der Waals surface area contributed by atoms with Crippen LogP contribution in [0.15, 0.2) is 54.6 Å². The number of amides is 1. The van der Waals surface area contributed by atoms with Crippen molar-refractivity contribution >= 4 is 22.7 Å². The van der Waals surface area contributed by atoms with Gasteiger partial charge in [0, 0.05) is 35.5 Å². The van der Waals surface area contributed by atoms with Crippen molar-refractivity contribution in [3.05, 3.63) is 54.6 Å². The molecular formula is C24H28N4O2. The molecule has 0 spiro atoms. The van der Waals surface area contributed by atoms with Gasteiger partial charge in [0.05, 0.1) is 0 Å². The van der Waals surface area contributed by atoms with Crippen LogP contribution in [0.1, 0.15) is 33.6 Å². The molecule has 1 aliphatic rings. The molecule has 6 heteroatoms. The van der Waals surface area contributed by atoms with Gasteiger partial charge in [-0.1, -0.05) is 54.6 Å². The van der Waals surface area contributed by atoms with Crippen molar-refractivity contribution < 1.29 is 9.53 Å². The summed E-state index contributed by atoms with van der Waals surface area (Å²) in [6.07, 6.45) is 1.34. The number of carbonyl (C=O) groups excluding carboxylic acids is 1. The number of anilines is 1. The van der Waals surface area contributed by atoms with Gasteiger partial charge in [-0.25, -0.2) is 4.79 Å². The van der Waals surface area contributed by atoms with Crippen LogP contribution >= 0.6 is 0 Å². The molecule has 1 aromatic heterocycles. The number of nitrogens with zero attached hydrogens (tertiary/aromatic N) is 3. The first-order chi connectivity index (χ1) is 14.4. The Morgan fingerprint density at radius 1 is 0.967 bits per heavy atom. The number of alkyl carbamates (subject to hydrolysis) is 1. The van der Waals surface area contributed by atoms with E-state index in [2.05, 4.69) is 44.7 Å². The fourth-order valence-corrected chi connectivity index (χ4v) is 3.84. The van der Waals surface area contributed by atoms with Crippen LogP contribution in [-0.2, 0) is 4.74 Å². The molecule has 156 valence electrons. The van der Waals surface area contributed by atoms with Crippen molar-refractivity contribution in [3.63, 3.8) is 0 Å². The van der Waals surface area contributed by atoms with Crippen LogP contribution in [0.2, 0.25) is 0 Å². The topological polar surface area (TPSA) is 67.3 Å². The van der Waals surface area contributed by atoms with Gasteiger partial charge >= 0.3 is 6.09 Å². The molecule has 1 N–H and O–H groups in total. The van der Waals surface area contributed by atoms with E-state index in [-0.39, 0.29) is 12.1 Å². The van der Waals surface area contributed by atoms with Gasteiger partial charge in [-0.05, 0) is 33.6 Å². The SMILES string of the molecule is CC(C)(C)OC(=O)NC1CCN(c2nnc(-c3ccccc3)c3ccccc23)CC1. The number of ether oxygens (including phenoxy) is 1. The lowest BCUT2D eigenvalue weighted by molar-refractivity contribution is 0.0497. The zero-order chi connectivity index (χ0) is 21.1. The van der Waals surface area contributed by atoms with Gasteiger partial charge in [0.25, 0.3) is 0 Å². The molecule has 30 heavy (non-hydrogen) atoms. The average Bonchev–Trinajstić information content (AvgIpc) is 2.73. The highest BCUT2D eigenvalue weighted by molar-refractivity contribution is 6.00. The lowest BCUT2D eigenvalue weighted by atomic mass is 10.0. The second-order valence-corrected chi connectivity index (χ2v) is 8.69. The van der Waals surface area contributed by atoms with Gasteiger partial charge < -0.3 is 15.0 Å². The molecule has 1 aliphatic heterocycles. The molecule has 0 unspecified atom stereocenters. The normalized spacial score (nSPS) is 15.2. The predicted octanol–water partition coefficient (Wildman–Crippen LogP) is 4.79. The molecule has 1 fully saturated rings. The summed E-state index contributed by atoms with van der Waals surface area (Å²) >= 11 is 0. The van der Waals surface area contributed by atoms with Crippen LogP contribution < -0.4 is 10.2 Å². The molecule has 1 saturated heterocycles.